The summed E-state index contributed by atoms with van der Waals surface area (Å²) in [7, 11) is 0. The molecular weight excluding hydrogens is 270 g/mol. The highest BCUT2D eigenvalue weighted by Gasteiger charge is 2.31. The van der Waals surface area contributed by atoms with E-state index in [0.717, 1.165) is 5.56 Å². The largest absolute Gasteiger partial charge is 0.481 e. The quantitative estimate of drug-likeness (QED) is 0.871. The summed E-state index contributed by atoms with van der Waals surface area (Å²) in [6.07, 6.45) is 1.22. The van der Waals surface area contributed by atoms with Crippen molar-refractivity contribution >= 4 is 11.9 Å². The first kappa shape index (κ1) is 15.4. The normalized spacial score (nSPS) is 22.6. The van der Waals surface area contributed by atoms with E-state index in [4.69, 9.17) is 9.84 Å². The molecule has 1 aromatic carbocycles. The van der Waals surface area contributed by atoms with Crippen molar-refractivity contribution in [1.29, 1.82) is 0 Å². The number of aliphatic carboxylic acids is 1. The van der Waals surface area contributed by atoms with E-state index in [0.29, 0.717) is 25.0 Å². The molecule has 0 bridgehead atoms. The van der Waals surface area contributed by atoms with Gasteiger partial charge in [0, 0.05) is 6.04 Å². The number of carbonyl (C=O) groups is 2. The van der Waals surface area contributed by atoms with Gasteiger partial charge in [-0.1, -0.05) is 17.7 Å². The number of benzene rings is 1. The average molecular weight is 291 g/mol. The van der Waals surface area contributed by atoms with Gasteiger partial charge in [-0.15, -0.1) is 0 Å². The third-order valence-electron chi connectivity index (χ3n) is 3.83. The topological polar surface area (TPSA) is 75.6 Å². The molecule has 1 aliphatic carbocycles. The van der Waals surface area contributed by atoms with Gasteiger partial charge >= 0.3 is 5.97 Å². The lowest BCUT2D eigenvalue weighted by Crippen LogP contribution is -2.41. The minimum atomic E-state index is -0.782. The van der Waals surface area contributed by atoms with Gasteiger partial charge in [0.05, 0.1) is 5.92 Å². The Balaban J connectivity index is 1.83. The highest BCUT2D eigenvalue weighted by atomic mass is 16.5. The van der Waals surface area contributed by atoms with E-state index in [9.17, 15) is 9.59 Å². The van der Waals surface area contributed by atoms with Crippen LogP contribution in [0.2, 0.25) is 0 Å². The van der Waals surface area contributed by atoms with Gasteiger partial charge < -0.3 is 15.2 Å². The molecule has 5 nitrogen and oxygen atoms in total. The molecule has 0 saturated heterocycles. The van der Waals surface area contributed by atoms with Gasteiger partial charge in [0.1, 0.15) is 5.75 Å². The van der Waals surface area contributed by atoms with E-state index >= 15 is 0 Å². The first-order valence-electron chi connectivity index (χ1n) is 7.22. The summed E-state index contributed by atoms with van der Waals surface area (Å²) in [4.78, 5) is 23.0. The molecule has 0 heterocycles. The number of rotatable bonds is 5. The fourth-order valence-corrected chi connectivity index (χ4v) is 2.53. The molecule has 114 valence electrons. The fraction of sp³-hybridized carbons (Fsp3) is 0.500. The number of amides is 1. The van der Waals surface area contributed by atoms with Gasteiger partial charge in [-0.05, 0) is 45.2 Å². The van der Waals surface area contributed by atoms with Crippen molar-refractivity contribution in [3.63, 3.8) is 0 Å². The summed E-state index contributed by atoms with van der Waals surface area (Å²) < 4.78 is 5.59. The highest BCUT2D eigenvalue weighted by molar-refractivity contribution is 5.81. The molecule has 0 aliphatic heterocycles. The summed E-state index contributed by atoms with van der Waals surface area (Å²) in [5.41, 5.74) is 1.13. The van der Waals surface area contributed by atoms with Gasteiger partial charge in [0.25, 0.3) is 5.91 Å². The third kappa shape index (κ3) is 4.21. The van der Waals surface area contributed by atoms with Crippen molar-refractivity contribution in [2.24, 2.45) is 5.92 Å². The Morgan fingerprint density at radius 1 is 1.29 bits per heavy atom. The maximum absolute atomic E-state index is 12.1. The standard InChI is InChI=1S/C16H21NO4/c1-10-3-7-14(8-4-10)21-11(2)15(18)17-13-6-5-12(9-13)16(19)20/h3-4,7-8,11-13H,5-6,9H2,1-2H3,(H,17,18)(H,19,20)/t11?,12-,13+/m1/s1. The lowest BCUT2D eigenvalue weighted by atomic mass is 10.1. The molecule has 2 rings (SSSR count). The molecule has 5 heteroatoms. The van der Waals surface area contributed by atoms with E-state index in [1.165, 1.54) is 0 Å². The molecule has 1 aromatic rings. The smallest absolute Gasteiger partial charge is 0.306 e. The molecule has 0 aromatic heterocycles. The summed E-state index contributed by atoms with van der Waals surface area (Å²) in [6.45, 7) is 3.68. The summed E-state index contributed by atoms with van der Waals surface area (Å²) in [5.74, 6) is -0.677. The van der Waals surface area contributed by atoms with Crippen molar-refractivity contribution in [3.05, 3.63) is 29.8 Å². The number of carbonyl (C=O) groups excluding carboxylic acids is 1. The second-order valence-electron chi connectivity index (χ2n) is 5.63. The molecule has 1 aliphatic rings. The number of nitrogens with one attached hydrogen (secondary N) is 1. The molecule has 0 spiro atoms. The summed E-state index contributed by atoms with van der Waals surface area (Å²) in [6, 6.07) is 7.44. The van der Waals surface area contributed by atoms with E-state index in [-0.39, 0.29) is 17.9 Å². The van der Waals surface area contributed by atoms with Crippen LogP contribution in [0.3, 0.4) is 0 Å². The second-order valence-corrected chi connectivity index (χ2v) is 5.63. The summed E-state index contributed by atoms with van der Waals surface area (Å²) in [5, 5.41) is 11.8. The van der Waals surface area contributed by atoms with Crippen LogP contribution in [0.15, 0.2) is 24.3 Å². The predicted molar refractivity (Wildman–Crippen MR) is 78.2 cm³/mol. The zero-order valence-corrected chi connectivity index (χ0v) is 12.3. The Morgan fingerprint density at radius 3 is 2.52 bits per heavy atom. The number of aryl methyl sites for hydroxylation is 1. The van der Waals surface area contributed by atoms with Gasteiger partial charge in [-0.3, -0.25) is 9.59 Å². The molecule has 3 atom stereocenters. The van der Waals surface area contributed by atoms with Gasteiger partial charge in [-0.2, -0.15) is 0 Å². The fourth-order valence-electron chi connectivity index (χ4n) is 2.53. The number of carboxylic acids is 1. The number of hydrogen-bond acceptors (Lipinski definition) is 3. The van der Waals surface area contributed by atoms with Crippen molar-refractivity contribution in [3.8, 4) is 5.75 Å². The van der Waals surface area contributed by atoms with E-state index in [1.807, 2.05) is 31.2 Å². The Kier molecular flexibility index (Phi) is 4.83. The lowest BCUT2D eigenvalue weighted by molar-refractivity contribution is -0.141. The van der Waals surface area contributed by atoms with Crippen molar-refractivity contribution < 1.29 is 19.4 Å². The van der Waals surface area contributed by atoms with Crippen LogP contribution >= 0.6 is 0 Å². The molecular formula is C16H21NO4. The maximum Gasteiger partial charge on any atom is 0.306 e. The zero-order valence-electron chi connectivity index (χ0n) is 12.3. The third-order valence-corrected chi connectivity index (χ3v) is 3.83. The van der Waals surface area contributed by atoms with Crippen molar-refractivity contribution in [1.82, 2.24) is 5.32 Å². The second kappa shape index (κ2) is 6.61. The van der Waals surface area contributed by atoms with Crippen LogP contribution in [-0.2, 0) is 9.59 Å². The molecule has 1 fully saturated rings. The van der Waals surface area contributed by atoms with Crippen LogP contribution < -0.4 is 10.1 Å². The SMILES string of the molecule is Cc1ccc(OC(C)C(=O)N[C@H]2CC[C@@H](C(=O)O)C2)cc1. The first-order valence-corrected chi connectivity index (χ1v) is 7.22. The molecule has 0 radical (unpaired) electrons. The highest BCUT2D eigenvalue weighted by Crippen LogP contribution is 2.25. The Labute approximate surface area is 124 Å². The molecule has 1 amide bonds. The monoisotopic (exact) mass is 291 g/mol. The minimum Gasteiger partial charge on any atom is -0.481 e. The van der Waals surface area contributed by atoms with Crippen LogP contribution in [0.1, 0.15) is 31.7 Å². The van der Waals surface area contributed by atoms with E-state index in [2.05, 4.69) is 5.32 Å². The predicted octanol–water partition coefficient (Wildman–Crippen LogP) is 2.13. The Hall–Kier alpha value is -2.04. The van der Waals surface area contributed by atoms with Crippen molar-refractivity contribution in [2.75, 3.05) is 0 Å². The van der Waals surface area contributed by atoms with Gasteiger partial charge in [0.15, 0.2) is 6.10 Å². The summed E-state index contributed by atoms with van der Waals surface area (Å²) >= 11 is 0. The van der Waals surface area contributed by atoms with E-state index in [1.54, 1.807) is 6.92 Å². The van der Waals surface area contributed by atoms with E-state index < -0.39 is 12.1 Å². The Bertz CT molecular complexity index is 512. The van der Waals surface area contributed by atoms with Gasteiger partial charge in [0.2, 0.25) is 0 Å². The average Bonchev–Trinajstić information content (AvgIpc) is 2.90. The zero-order chi connectivity index (χ0) is 15.4. The van der Waals surface area contributed by atoms with Crippen molar-refractivity contribution in [2.45, 2.75) is 45.3 Å². The maximum atomic E-state index is 12.1. The van der Waals surface area contributed by atoms with Crippen LogP contribution in [0.4, 0.5) is 0 Å². The van der Waals surface area contributed by atoms with Crippen LogP contribution in [0.5, 0.6) is 5.75 Å². The number of ether oxygens (including phenoxy) is 1. The minimum absolute atomic E-state index is 0.0670. The first-order chi connectivity index (χ1) is 9.95. The molecule has 2 N–H and O–H groups in total. The molecule has 21 heavy (non-hydrogen) atoms. The van der Waals surface area contributed by atoms with Crippen LogP contribution in [-0.4, -0.2) is 29.1 Å². The molecule has 1 saturated carbocycles. The number of carboxylic acid groups (broad SMARTS) is 1. The number of hydrogen-bond donors (Lipinski definition) is 2. The Morgan fingerprint density at radius 2 is 1.95 bits per heavy atom. The lowest BCUT2D eigenvalue weighted by Gasteiger charge is -2.18. The molecule has 1 unspecified atom stereocenters. The van der Waals surface area contributed by atoms with Gasteiger partial charge in [-0.25, -0.2) is 0 Å². The van der Waals surface area contributed by atoms with Crippen LogP contribution in [0, 0.1) is 12.8 Å². The van der Waals surface area contributed by atoms with Crippen LogP contribution in [0.25, 0.3) is 0 Å².